The highest BCUT2D eigenvalue weighted by atomic mass is 16.7. The fraction of sp³-hybridized carbons (Fsp3) is 0.400. The minimum absolute atomic E-state index is 0.128. The molecule has 1 rings (SSSR count). The normalized spacial score (nSPS) is 12.4. The summed E-state index contributed by atoms with van der Waals surface area (Å²) < 4.78 is 15.3. The van der Waals surface area contributed by atoms with Crippen LogP contribution < -0.4 is 10.5 Å². The predicted octanol–water partition coefficient (Wildman–Crippen LogP) is 1.61. The van der Waals surface area contributed by atoms with Crippen molar-refractivity contribution in [2.45, 2.75) is 13.2 Å². The maximum atomic E-state index is 5.66. The molecule has 0 aliphatic rings. The first-order valence-corrected chi connectivity index (χ1v) is 4.35. The minimum Gasteiger partial charge on any atom is -0.465 e. The van der Waals surface area contributed by atoms with E-state index in [2.05, 4.69) is 0 Å². The second-order valence-electron chi connectivity index (χ2n) is 2.77. The van der Waals surface area contributed by atoms with Gasteiger partial charge in [0.15, 0.2) is 13.1 Å². The van der Waals surface area contributed by atoms with Crippen molar-refractivity contribution in [3.8, 4) is 5.75 Å². The van der Waals surface area contributed by atoms with Gasteiger partial charge in [0.25, 0.3) is 0 Å². The Morgan fingerprint density at radius 2 is 2.07 bits per heavy atom. The molecule has 14 heavy (non-hydrogen) atoms. The molecule has 0 saturated heterocycles. The molecule has 0 radical (unpaired) electrons. The first kappa shape index (κ1) is 10.8. The largest absolute Gasteiger partial charge is 0.465 e. The third kappa shape index (κ3) is 3.24. The number of nitrogen functional groups attached to an aromatic ring is 1. The molecule has 0 aromatic heterocycles. The Kier molecular flexibility index (Phi) is 4.22. The first-order valence-electron chi connectivity index (χ1n) is 4.35. The van der Waals surface area contributed by atoms with E-state index >= 15 is 0 Å². The Morgan fingerprint density at radius 3 is 2.71 bits per heavy atom. The summed E-state index contributed by atoms with van der Waals surface area (Å²) in [6.45, 7) is 1.92. The van der Waals surface area contributed by atoms with Gasteiger partial charge in [-0.25, -0.2) is 0 Å². The lowest BCUT2D eigenvalue weighted by atomic mass is 10.3. The number of ether oxygens (including phenoxy) is 3. The van der Waals surface area contributed by atoms with Crippen LogP contribution in [0.2, 0.25) is 0 Å². The second kappa shape index (κ2) is 5.47. The topological polar surface area (TPSA) is 53.7 Å². The van der Waals surface area contributed by atoms with Gasteiger partial charge in [0.05, 0.1) is 5.69 Å². The monoisotopic (exact) mass is 197 g/mol. The summed E-state index contributed by atoms with van der Waals surface area (Å²) in [6, 6.07) is 7.26. The van der Waals surface area contributed by atoms with Crippen LogP contribution in [0.25, 0.3) is 0 Å². The van der Waals surface area contributed by atoms with E-state index in [1.54, 1.807) is 26.2 Å². The Morgan fingerprint density at radius 1 is 1.36 bits per heavy atom. The molecular formula is C10H15NO3. The number of para-hydroxylation sites is 2. The number of methoxy groups -OCH3 is 1. The van der Waals surface area contributed by atoms with E-state index in [9.17, 15) is 0 Å². The van der Waals surface area contributed by atoms with Crippen molar-refractivity contribution in [3.05, 3.63) is 24.3 Å². The molecule has 0 aliphatic carbocycles. The molecule has 0 fully saturated rings. The molecular weight excluding hydrogens is 182 g/mol. The molecule has 1 atom stereocenters. The summed E-state index contributed by atoms with van der Waals surface area (Å²) >= 11 is 0. The van der Waals surface area contributed by atoms with E-state index in [1.807, 2.05) is 12.1 Å². The minimum atomic E-state index is -0.278. The third-order valence-corrected chi connectivity index (χ3v) is 1.77. The van der Waals surface area contributed by atoms with Crippen LogP contribution in [0.3, 0.4) is 0 Å². The van der Waals surface area contributed by atoms with Crippen LogP contribution in [0.4, 0.5) is 5.69 Å². The van der Waals surface area contributed by atoms with E-state index in [0.29, 0.717) is 11.4 Å². The summed E-state index contributed by atoms with van der Waals surface area (Å²) in [4.78, 5) is 0. The molecule has 0 aliphatic heterocycles. The molecule has 1 aromatic rings. The quantitative estimate of drug-likeness (QED) is 0.575. The molecule has 4 heteroatoms. The summed E-state index contributed by atoms with van der Waals surface area (Å²) in [5.41, 5.74) is 6.26. The lowest BCUT2D eigenvalue weighted by Crippen LogP contribution is -2.14. The van der Waals surface area contributed by atoms with Crippen LogP contribution in [0.15, 0.2) is 24.3 Å². The summed E-state index contributed by atoms with van der Waals surface area (Å²) in [6.07, 6.45) is -0.278. The average molecular weight is 197 g/mol. The zero-order chi connectivity index (χ0) is 10.4. The van der Waals surface area contributed by atoms with Crippen LogP contribution in [0, 0.1) is 0 Å². The highest BCUT2D eigenvalue weighted by molar-refractivity contribution is 5.51. The van der Waals surface area contributed by atoms with Crippen LogP contribution >= 0.6 is 0 Å². The van der Waals surface area contributed by atoms with E-state index in [4.69, 9.17) is 19.9 Å². The smallest absolute Gasteiger partial charge is 0.192 e. The van der Waals surface area contributed by atoms with Crippen molar-refractivity contribution in [1.29, 1.82) is 0 Å². The van der Waals surface area contributed by atoms with Crippen LogP contribution in [0.1, 0.15) is 6.92 Å². The number of hydrogen-bond donors (Lipinski definition) is 1. The Balaban J connectivity index is 2.35. The highest BCUT2D eigenvalue weighted by Gasteiger charge is 2.00. The van der Waals surface area contributed by atoms with Crippen LogP contribution in [-0.2, 0) is 9.47 Å². The SMILES string of the molecule is COC(C)OCOc1ccccc1N. The molecule has 78 valence electrons. The van der Waals surface area contributed by atoms with Gasteiger partial charge in [0.1, 0.15) is 5.75 Å². The van der Waals surface area contributed by atoms with Gasteiger partial charge in [-0.1, -0.05) is 12.1 Å². The summed E-state index contributed by atoms with van der Waals surface area (Å²) in [7, 11) is 1.57. The van der Waals surface area contributed by atoms with Gasteiger partial charge in [0, 0.05) is 7.11 Å². The van der Waals surface area contributed by atoms with E-state index in [0.717, 1.165) is 0 Å². The fourth-order valence-electron chi connectivity index (χ4n) is 0.873. The van der Waals surface area contributed by atoms with Crippen molar-refractivity contribution in [1.82, 2.24) is 0 Å². The number of benzene rings is 1. The molecule has 0 bridgehead atoms. The average Bonchev–Trinajstić information content (AvgIpc) is 2.20. The highest BCUT2D eigenvalue weighted by Crippen LogP contribution is 2.19. The van der Waals surface area contributed by atoms with Gasteiger partial charge >= 0.3 is 0 Å². The zero-order valence-corrected chi connectivity index (χ0v) is 8.40. The zero-order valence-electron chi connectivity index (χ0n) is 8.40. The molecule has 0 heterocycles. The van der Waals surface area contributed by atoms with Crippen molar-refractivity contribution in [2.75, 3.05) is 19.6 Å². The lowest BCUT2D eigenvalue weighted by molar-refractivity contribution is -0.149. The summed E-state index contributed by atoms with van der Waals surface area (Å²) in [5.74, 6) is 0.621. The number of nitrogens with two attached hydrogens (primary N) is 1. The molecule has 1 aromatic carbocycles. The molecule has 0 spiro atoms. The van der Waals surface area contributed by atoms with Gasteiger partial charge in [0.2, 0.25) is 0 Å². The second-order valence-corrected chi connectivity index (χ2v) is 2.77. The van der Waals surface area contributed by atoms with Crippen LogP contribution in [0.5, 0.6) is 5.75 Å². The Hall–Kier alpha value is -1.26. The maximum absolute atomic E-state index is 5.66. The Bertz CT molecular complexity index is 278. The van der Waals surface area contributed by atoms with Crippen molar-refractivity contribution < 1.29 is 14.2 Å². The van der Waals surface area contributed by atoms with Gasteiger partial charge in [-0.3, -0.25) is 0 Å². The standard InChI is InChI=1S/C10H15NO3/c1-8(12-2)13-7-14-10-6-4-3-5-9(10)11/h3-6,8H,7,11H2,1-2H3. The van der Waals surface area contributed by atoms with Gasteiger partial charge < -0.3 is 19.9 Å². The number of anilines is 1. The molecule has 4 nitrogen and oxygen atoms in total. The third-order valence-electron chi connectivity index (χ3n) is 1.77. The van der Waals surface area contributed by atoms with Crippen LogP contribution in [-0.4, -0.2) is 20.2 Å². The lowest BCUT2D eigenvalue weighted by Gasteiger charge is -2.12. The molecule has 1 unspecified atom stereocenters. The van der Waals surface area contributed by atoms with E-state index in [1.165, 1.54) is 0 Å². The predicted molar refractivity (Wildman–Crippen MR) is 53.9 cm³/mol. The fourth-order valence-corrected chi connectivity index (χ4v) is 0.873. The van der Waals surface area contributed by atoms with Gasteiger partial charge in [-0.2, -0.15) is 0 Å². The molecule has 0 saturated carbocycles. The van der Waals surface area contributed by atoms with E-state index in [-0.39, 0.29) is 13.1 Å². The number of rotatable bonds is 5. The molecule has 2 N–H and O–H groups in total. The first-order chi connectivity index (χ1) is 6.74. The van der Waals surface area contributed by atoms with E-state index < -0.39 is 0 Å². The van der Waals surface area contributed by atoms with Crippen molar-refractivity contribution in [2.24, 2.45) is 0 Å². The van der Waals surface area contributed by atoms with Gasteiger partial charge in [-0.15, -0.1) is 0 Å². The molecule has 0 amide bonds. The van der Waals surface area contributed by atoms with Crippen molar-refractivity contribution >= 4 is 5.69 Å². The maximum Gasteiger partial charge on any atom is 0.192 e. The van der Waals surface area contributed by atoms with Crippen molar-refractivity contribution in [3.63, 3.8) is 0 Å². The van der Waals surface area contributed by atoms with Gasteiger partial charge in [-0.05, 0) is 19.1 Å². The summed E-state index contributed by atoms with van der Waals surface area (Å²) in [5, 5.41) is 0. The number of hydrogen-bond acceptors (Lipinski definition) is 4. The Labute approximate surface area is 83.6 Å².